The Kier molecular flexibility index (Phi) is 8.33. The second-order valence-corrected chi connectivity index (χ2v) is 7.91. The summed E-state index contributed by atoms with van der Waals surface area (Å²) in [6.45, 7) is 6.73. The number of anilines is 1. The maximum absolute atomic E-state index is 12.8. The molecule has 6 nitrogen and oxygen atoms in total. The van der Waals surface area contributed by atoms with Crippen LogP contribution in [0.3, 0.4) is 0 Å². The summed E-state index contributed by atoms with van der Waals surface area (Å²) >= 11 is 0. The lowest BCUT2D eigenvalue weighted by atomic mass is 9.89. The monoisotopic (exact) mass is 423 g/mol. The Labute approximate surface area is 185 Å². The van der Waals surface area contributed by atoms with Gasteiger partial charge in [0.1, 0.15) is 5.75 Å². The first-order chi connectivity index (χ1) is 15.1. The van der Waals surface area contributed by atoms with Gasteiger partial charge in [-0.3, -0.25) is 4.79 Å². The Hall–Kier alpha value is -3.02. The van der Waals surface area contributed by atoms with E-state index in [0.717, 1.165) is 49.2 Å². The zero-order valence-electron chi connectivity index (χ0n) is 18.5. The average Bonchev–Trinajstić information content (AvgIpc) is 2.81. The number of nitrogens with one attached hydrogen (secondary N) is 2. The van der Waals surface area contributed by atoms with Gasteiger partial charge < -0.3 is 20.3 Å². The van der Waals surface area contributed by atoms with Gasteiger partial charge in [0.2, 0.25) is 0 Å². The van der Waals surface area contributed by atoms with Crippen LogP contribution >= 0.6 is 0 Å². The summed E-state index contributed by atoms with van der Waals surface area (Å²) in [5.74, 6) is 0.983. The molecule has 3 amide bonds. The molecule has 1 fully saturated rings. The molecule has 0 saturated carbocycles. The van der Waals surface area contributed by atoms with Crippen LogP contribution < -0.4 is 15.4 Å². The summed E-state index contributed by atoms with van der Waals surface area (Å²) in [6.07, 6.45) is 3.98. The third kappa shape index (κ3) is 6.48. The molecule has 0 radical (unpaired) electrons. The van der Waals surface area contributed by atoms with Crippen LogP contribution in [0.15, 0.2) is 48.5 Å². The highest BCUT2D eigenvalue weighted by atomic mass is 16.5. The predicted octanol–water partition coefficient (Wildman–Crippen LogP) is 5.03. The van der Waals surface area contributed by atoms with E-state index in [2.05, 4.69) is 23.6 Å². The maximum atomic E-state index is 12.8. The quantitative estimate of drug-likeness (QED) is 0.585. The van der Waals surface area contributed by atoms with Gasteiger partial charge >= 0.3 is 6.03 Å². The zero-order valence-corrected chi connectivity index (χ0v) is 18.5. The molecular weight excluding hydrogens is 390 g/mol. The van der Waals surface area contributed by atoms with Crippen molar-refractivity contribution in [3.05, 3.63) is 59.7 Å². The Bertz CT molecular complexity index is 867. The minimum atomic E-state index is -0.0951. The van der Waals surface area contributed by atoms with Crippen LogP contribution in [-0.4, -0.2) is 43.1 Å². The van der Waals surface area contributed by atoms with Crippen LogP contribution in [0.25, 0.3) is 0 Å². The van der Waals surface area contributed by atoms with Crippen molar-refractivity contribution in [3.8, 4) is 5.75 Å². The van der Waals surface area contributed by atoms with Crippen LogP contribution in [0.2, 0.25) is 0 Å². The molecule has 31 heavy (non-hydrogen) atoms. The number of carbonyl (C=O) groups excluding carboxylic acids is 2. The molecule has 2 aromatic rings. The van der Waals surface area contributed by atoms with Gasteiger partial charge in [0.25, 0.3) is 5.91 Å². The van der Waals surface area contributed by atoms with Gasteiger partial charge in [0, 0.05) is 36.8 Å². The van der Waals surface area contributed by atoms with E-state index in [1.54, 1.807) is 0 Å². The number of urea groups is 1. The molecule has 2 N–H and O–H groups in total. The number of hydrogen-bond acceptors (Lipinski definition) is 3. The van der Waals surface area contributed by atoms with Crippen LogP contribution in [0.5, 0.6) is 5.75 Å². The zero-order chi connectivity index (χ0) is 22.1. The molecule has 166 valence electrons. The predicted molar refractivity (Wildman–Crippen MR) is 124 cm³/mol. The summed E-state index contributed by atoms with van der Waals surface area (Å²) in [4.78, 5) is 27.1. The number of hydrogen-bond donors (Lipinski definition) is 2. The first kappa shape index (κ1) is 22.7. The lowest BCUT2D eigenvalue weighted by Gasteiger charge is -2.33. The lowest BCUT2D eigenvalue weighted by Crippen LogP contribution is -2.41. The Balaban J connectivity index is 1.60. The van der Waals surface area contributed by atoms with Gasteiger partial charge in [-0.25, -0.2) is 4.79 Å². The minimum Gasteiger partial charge on any atom is -0.494 e. The summed E-state index contributed by atoms with van der Waals surface area (Å²) in [6, 6.07) is 15.1. The largest absolute Gasteiger partial charge is 0.494 e. The lowest BCUT2D eigenvalue weighted by molar-refractivity contribution is 0.0953. The molecule has 1 aliphatic rings. The number of unbranched alkanes of at least 4 members (excludes halogenated alkanes) is 1. The van der Waals surface area contributed by atoms with E-state index < -0.39 is 0 Å². The first-order valence-electron chi connectivity index (χ1n) is 11.3. The topological polar surface area (TPSA) is 70.7 Å². The molecule has 1 atom stereocenters. The number of benzene rings is 2. The number of ether oxygens (including phenoxy) is 1. The van der Waals surface area contributed by atoms with Gasteiger partial charge in [0.15, 0.2) is 0 Å². The van der Waals surface area contributed by atoms with E-state index in [0.29, 0.717) is 25.3 Å². The normalized spacial score (nSPS) is 15.9. The van der Waals surface area contributed by atoms with E-state index in [-0.39, 0.29) is 17.9 Å². The van der Waals surface area contributed by atoms with Crippen LogP contribution in [0, 0.1) is 0 Å². The molecule has 0 spiro atoms. The van der Waals surface area contributed by atoms with Crippen molar-refractivity contribution >= 4 is 17.6 Å². The van der Waals surface area contributed by atoms with Crippen molar-refractivity contribution in [2.24, 2.45) is 0 Å². The fraction of sp³-hybridized carbons (Fsp3) is 0.440. The Morgan fingerprint density at radius 3 is 2.68 bits per heavy atom. The maximum Gasteiger partial charge on any atom is 0.321 e. The van der Waals surface area contributed by atoms with Gasteiger partial charge in [-0.2, -0.15) is 0 Å². The van der Waals surface area contributed by atoms with Gasteiger partial charge in [0.05, 0.1) is 6.61 Å². The summed E-state index contributed by atoms with van der Waals surface area (Å²) in [5.41, 5.74) is 2.55. The highest BCUT2D eigenvalue weighted by molar-refractivity contribution is 5.94. The van der Waals surface area contributed by atoms with E-state index in [9.17, 15) is 9.59 Å². The molecule has 0 bridgehead atoms. The highest BCUT2D eigenvalue weighted by Crippen LogP contribution is 2.28. The SMILES string of the molecule is CCCCNC(=O)c1cccc([C@H]2CCCN(C(=O)Nc3ccc(OCC)cc3)C2)c1. The number of likely N-dealkylation sites (tertiary alicyclic amines) is 1. The average molecular weight is 424 g/mol. The molecule has 3 rings (SSSR count). The van der Waals surface area contributed by atoms with Crippen LogP contribution in [0.1, 0.15) is 61.4 Å². The number of nitrogens with zero attached hydrogens (tertiary/aromatic N) is 1. The van der Waals surface area contributed by atoms with E-state index in [1.165, 1.54) is 0 Å². The number of piperidine rings is 1. The third-order valence-corrected chi connectivity index (χ3v) is 5.56. The van der Waals surface area contributed by atoms with E-state index in [1.807, 2.05) is 54.3 Å². The molecule has 0 aliphatic carbocycles. The van der Waals surface area contributed by atoms with E-state index in [4.69, 9.17) is 4.74 Å². The molecule has 1 aliphatic heterocycles. The molecule has 0 unspecified atom stereocenters. The van der Waals surface area contributed by atoms with Gasteiger partial charge in [-0.1, -0.05) is 25.5 Å². The summed E-state index contributed by atoms with van der Waals surface area (Å²) < 4.78 is 5.45. The van der Waals surface area contributed by atoms with Crippen LogP contribution in [0.4, 0.5) is 10.5 Å². The molecule has 6 heteroatoms. The van der Waals surface area contributed by atoms with Crippen LogP contribution in [-0.2, 0) is 0 Å². The van der Waals surface area contributed by atoms with Crippen molar-refractivity contribution in [1.29, 1.82) is 0 Å². The first-order valence-corrected chi connectivity index (χ1v) is 11.3. The molecule has 0 aromatic heterocycles. The molecular formula is C25H33N3O3. The number of carbonyl (C=O) groups is 2. The highest BCUT2D eigenvalue weighted by Gasteiger charge is 2.25. The van der Waals surface area contributed by atoms with Crippen molar-refractivity contribution in [1.82, 2.24) is 10.2 Å². The van der Waals surface area contributed by atoms with Crippen molar-refractivity contribution in [2.75, 3.05) is 31.6 Å². The number of amides is 3. The second kappa shape index (κ2) is 11.4. The van der Waals surface area contributed by atoms with E-state index >= 15 is 0 Å². The minimum absolute atomic E-state index is 0.0313. The fourth-order valence-corrected chi connectivity index (χ4v) is 3.85. The van der Waals surface area contributed by atoms with Crippen molar-refractivity contribution in [3.63, 3.8) is 0 Å². The van der Waals surface area contributed by atoms with Crippen molar-refractivity contribution < 1.29 is 14.3 Å². The smallest absolute Gasteiger partial charge is 0.321 e. The Morgan fingerprint density at radius 2 is 1.94 bits per heavy atom. The van der Waals surface area contributed by atoms with Crippen molar-refractivity contribution in [2.45, 2.75) is 45.4 Å². The standard InChI is InChI=1S/C25H33N3O3/c1-3-5-15-26-24(29)20-9-6-8-19(17-20)21-10-7-16-28(18-21)25(30)27-22-11-13-23(14-12-22)31-4-2/h6,8-9,11-14,17,21H,3-5,7,10,15-16,18H2,1-2H3,(H,26,29)(H,27,30)/t21-/m0/s1. The summed E-state index contributed by atoms with van der Waals surface area (Å²) in [7, 11) is 0. The van der Waals surface area contributed by atoms with Gasteiger partial charge in [-0.15, -0.1) is 0 Å². The second-order valence-electron chi connectivity index (χ2n) is 7.91. The molecule has 2 aromatic carbocycles. The third-order valence-electron chi connectivity index (χ3n) is 5.56. The van der Waals surface area contributed by atoms with Gasteiger partial charge in [-0.05, 0) is 68.1 Å². The molecule has 1 heterocycles. The fourth-order valence-electron chi connectivity index (χ4n) is 3.85. The Morgan fingerprint density at radius 1 is 1.13 bits per heavy atom. The number of rotatable bonds is 8. The summed E-state index contributed by atoms with van der Waals surface area (Å²) in [5, 5.41) is 5.95. The molecule has 1 saturated heterocycles.